The Labute approximate surface area is 103 Å². The second-order valence-corrected chi connectivity index (χ2v) is 4.17. The van der Waals surface area contributed by atoms with E-state index in [2.05, 4.69) is 5.32 Å². The monoisotopic (exact) mass is 236 g/mol. The third-order valence-corrected chi connectivity index (χ3v) is 2.51. The molecule has 0 radical (unpaired) electrons. The zero-order valence-electron chi connectivity index (χ0n) is 10.9. The summed E-state index contributed by atoms with van der Waals surface area (Å²) in [5.74, 6) is 0.914. The molecule has 0 aliphatic carbocycles. The number of anilines is 1. The van der Waals surface area contributed by atoms with Gasteiger partial charge in [-0.25, -0.2) is 0 Å². The van der Waals surface area contributed by atoms with Crippen molar-refractivity contribution in [3.8, 4) is 5.75 Å². The highest BCUT2D eigenvalue weighted by molar-refractivity contribution is 5.76. The van der Waals surface area contributed by atoms with Gasteiger partial charge in [-0.2, -0.15) is 0 Å². The molecule has 0 aromatic heterocycles. The van der Waals surface area contributed by atoms with Crippen LogP contribution in [-0.2, 0) is 4.79 Å². The lowest BCUT2D eigenvalue weighted by Gasteiger charge is -2.13. The van der Waals surface area contributed by atoms with Crippen molar-refractivity contribution in [1.29, 1.82) is 0 Å². The summed E-state index contributed by atoms with van der Waals surface area (Å²) in [6.07, 6.45) is 0.476. The zero-order chi connectivity index (χ0) is 12.8. The number of ether oxygens (including phenoxy) is 1. The van der Waals surface area contributed by atoms with Crippen molar-refractivity contribution >= 4 is 11.6 Å². The Hall–Kier alpha value is -1.71. The van der Waals surface area contributed by atoms with E-state index in [0.29, 0.717) is 13.0 Å². The quantitative estimate of drug-likeness (QED) is 0.849. The van der Waals surface area contributed by atoms with Crippen LogP contribution in [-0.4, -0.2) is 38.6 Å². The molecule has 0 saturated carbocycles. The lowest BCUT2D eigenvalue weighted by atomic mass is 10.2. The number of hydrogen-bond acceptors (Lipinski definition) is 3. The van der Waals surface area contributed by atoms with E-state index in [-0.39, 0.29) is 5.91 Å². The summed E-state index contributed by atoms with van der Waals surface area (Å²) in [4.78, 5) is 13.0. The molecule has 0 saturated heterocycles. The molecule has 0 heterocycles. The average Bonchev–Trinajstić information content (AvgIpc) is 2.29. The Kier molecular flexibility index (Phi) is 4.82. The number of benzene rings is 1. The molecule has 0 spiro atoms. The van der Waals surface area contributed by atoms with Gasteiger partial charge >= 0.3 is 0 Å². The van der Waals surface area contributed by atoms with Crippen LogP contribution in [0.15, 0.2) is 18.2 Å². The normalized spacial score (nSPS) is 9.88. The van der Waals surface area contributed by atoms with Crippen molar-refractivity contribution in [3.05, 3.63) is 23.8 Å². The summed E-state index contributed by atoms with van der Waals surface area (Å²) in [7, 11) is 5.16. The second-order valence-electron chi connectivity index (χ2n) is 4.17. The van der Waals surface area contributed by atoms with Crippen molar-refractivity contribution in [1.82, 2.24) is 4.90 Å². The van der Waals surface area contributed by atoms with Gasteiger partial charge < -0.3 is 15.0 Å². The van der Waals surface area contributed by atoms with E-state index in [0.717, 1.165) is 17.0 Å². The maximum absolute atomic E-state index is 11.4. The fourth-order valence-electron chi connectivity index (χ4n) is 1.49. The lowest BCUT2D eigenvalue weighted by Crippen LogP contribution is -2.23. The van der Waals surface area contributed by atoms with Crippen LogP contribution in [0, 0.1) is 6.92 Å². The Morgan fingerprint density at radius 1 is 1.41 bits per heavy atom. The molecular formula is C13H20N2O2. The van der Waals surface area contributed by atoms with Crippen LogP contribution in [0.4, 0.5) is 5.69 Å². The van der Waals surface area contributed by atoms with Crippen LogP contribution < -0.4 is 10.1 Å². The SMILES string of the molecule is COc1ccc(C)cc1NCCC(=O)N(C)C. The van der Waals surface area contributed by atoms with Gasteiger partial charge in [0.2, 0.25) is 5.91 Å². The Morgan fingerprint density at radius 2 is 2.12 bits per heavy atom. The minimum Gasteiger partial charge on any atom is -0.495 e. The molecule has 94 valence electrons. The number of amides is 1. The van der Waals surface area contributed by atoms with Crippen LogP contribution in [0.25, 0.3) is 0 Å². The molecule has 0 unspecified atom stereocenters. The fourth-order valence-corrected chi connectivity index (χ4v) is 1.49. The molecule has 0 aliphatic rings. The number of hydrogen-bond donors (Lipinski definition) is 1. The molecule has 0 atom stereocenters. The van der Waals surface area contributed by atoms with E-state index in [1.807, 2.05) is 25.1 Å². The standard InChI is InChI=1S/C13H20N2O2/c1-10-5-6-12(17-4)11(9-10)14-8-7-13(16)15(2)3/h5-6,9,14H,7-8H2,1-4H3. The predicted molar refractivity (Wildman–Crippen MR) is 69.5 cm³/mol. The molecule has 1 aromatic carbocycles. The van der Waals surface area contributed by atoms with E-state index >= 15 is 0 Å². The van der Waals surface area contributed by atoms with Gasteiger partial charge in [-0.3, -0.25) is 4.79 Å². The number of carbonyl (C=O) groups excluding carboxylic acids is 1. The van der Waals surface area contributed by atoms with Crippen LogP contribution in [0.2, 0.25) is 0 Å². The first-order valence-corrected chi connectivity index (χ1v) is 5.63. The summed E-state index contributed by atoms with van der Waals surface area (Å²) in [5.41, 5.74) is 2.09. The highest BCUT2D eigenvalue weighted by atomic mass is 16.5. The van der Waals surface area contributed by atoms with E-state index in [1.165, 1.54) is 0 Å². The Balaban J connectivity index is 2.56. The molecule has 4 heteroatoms. The average molecular weight is 236 g/mol. The Morgan fingerprint density at radius 3 is 2.71 bits per heavy atom. The molecule has 0 bridgehead atoms. The van der Waals surface area contributed by atoms with E-state index in [4.69, 9.17) is 4.74 Å². The van der Waals surface area contributed by atoms with Gasteiger partial charge in [0.25, 0.3) is 0 Å². The van der Waals surface area contributed by atoms with Crippen LogP contribution in [0.5, 0.6) is 5.75 Å². The second kappa shape index (κ2) is 6.13. The number of aryl methyl sites for hydroxylation is 1. The largest absolute Gasteiger partial charge is 0.495 e. The summed E-state index contributed by atoms with van der Waals surface area (Å²) >= 11 is 0. The van der Waals surface area contributed by atoms with Crippen LogP contribution in [0.3, 0.4) is 0 Å². The molecule has 0 fully saturated rings. The van der Waals surface area contributed by atoms with Crippen LogP contribution >= 0.6 is 0 Å². The summed E-state index contributed by atoms with van der Waals surface area (Å²) in [6.45, 7) is 2.63. The molecule has 17 heavy (non-hydrogen) atoms. The van der Waals surface area contributed by atoms with Gasteiger partial charge in [-0.1, -0.05) is 6.07 Å². The first kappa shape index (κ1) is 13.4. The van der Waals surface area contributed by atoms with Gasteiger partial charge in [-0.05, 0) is 24.6 Å². The highest BCUT2D eigenvalue weighted by Crippen LogP contribution is 2.24. The molecular weight excluding hydrogens is 216 g/mol. The lowest BCUT2D eigenvalue weighted by molar-refractivity contribution is -0.128. The fraction of sp³-hybridized carbons (Fsp3) is 0.462. The molecule has 1 amide bonds. The first-order valence-electron chi connectivity index (χ1n) is 5.63. The minimum atomic E-state index is 0.115. The van der Waals surface area contributed by atoms with Crippen molar-refractivity contribution in [3.63, 3.8) is 0 Å². The van der Waals surface area contributed by atoms with Crippen LogP contribution in [0.1, 0.15) is 12.0 Å². The van der Waals surface area contributed by atoms with Gasteiger partial charge in [-0.15, -0.1) is 0 Å². The third-order valence-electron chi connectivity index (χ3n) is 2.51. The van der Waals surface area contributed by atoms with Gasteiger partial charge in [0.1, 0.15) is 5.75 Å². The molecule has 1 aromatic rings. The van der Waals surface area contributed by atoms with Gasteiger partial charge in [0, 0.05) is 27.1 Å². The summed E-state index contributed by atoms with van der Waals surface area (Å²) < 4.78 is 5.25. The summed E-state index contributed by atoms with van der Waals surface area (Å²) in [6, 6.07) is 5.93. The third kappa shape index (κ3) is 3.98. The number of rotatable bonds is 5. The maximum Gasteiger partial charge on any atom is 0.223 e. The van der Waals surface area contributed by atoms with Gasteiger partial charge in [0.15, 0.2) is 0 Å². The molecule has 4 nitrogen and oxygen atoms in total. The van der Waals surface area contributed by atoms with Crippen molar-refractivity contribution in [2.75, 3.05) is 33.1 Å². The Bertz CT molecular complexity index is 389. The first-order chi connectivity index (χ1) is 8.04. The van der Waals surface area contributed by atoms with Crippen molar-refractivity contribution < 1.29 is 9.53 Å². The topological polar surface area (TPSA) is 41.6 Å². The highest BCUT2D eigenvalue weighted by Gasteiger charge is 2.05. The predicted octanol–water partition coefficient (Wildman–Crippen LogP) is 1.89. The molecule has 1 rings (SSSR count). The van der Waals surface area contributed by atoms with Crippen molar-refractivity contribution in [2.45, 2.75) is 13.3 Å². The van der Waals surface area contributed by atoms with E-state index in [9.17, 15) is 4.79 Å². The zero-order valence-corrected chi connectivity index (χ0v) is 10.9. The number of carbonyl (C=O) groups is 1. The smallest absolute Gasteiger partial charge is 0.223 e. The number of methoxy groups -OCH3 is 1. The van der Waals surface area contributed by atoms with Gasteiger partial charge in [0.05, 0.1) is 12.8 Å². The number of nitrogens with one attached hydrogen (secondary N) is 1. The van der Waals surface area contributed by atoms with E-state index < -0.39 is 0 Å². The van der Waals surface area contributed by atoms with Crippen molar-refractivity contribution in [2.24, 2.45) is 0 Å². The minimum absolute atomic E-state index is 0.115. The summed E-state index contributed by atoms with van der Waals surface area (Å²) in [5, 5.41) is 3.22. The number of nitrogens with zero attached hydrogens (tertiary/aromatic N) is 1. The molecule has 0 aliphatic heterocycles. The van der Waals surface area contributed by atoms with E-state index in [1.54, 1.807) is 26.1 Å². The maximum atomic E-state index is 11.4. The molecule has 1 N–H and O–H groups in total.